The van der Waals surface area contributed by atoms with Crippen molar-refractivity contribution in [2.75, 3.05) is 0 Å². The number of hydrogen-bond acceptors (Lipinski definition) is 5. The Morgan fingerprint density at radius 3 is 2.74 bits per heavy atom. The molecule has 0 saturated heterocycles. The van der Waals surface area contributed by atoms with E-state index in [-0.39, 0.29) is 17.8 Å². The molecule has 0 amide bonds. The Morgan fingerprint density at radius 1 is 1.30 bits per heavy atom. The van der Waals surface area contributed by atoms with Gasteiger partial charge in [-0.2, -0.15) is 4.73 Å². The van der Waals surface area contributed by atoms with Gasteiger partial charge in [0, 0.05) is 22.9 Å². The lowest BCUT2D eigenvalue weighted by Crippen LogP contribution is -2.23. The summed E-state index contributed by atoms with van der Waals surface area (Å²) in [4.78, 5) is 29.6. The summed E-state index contributed by atoms with van der Waals surface area (Å²) in [5.41, 5.74) is 0.852. The second-order valence-electron chi connectivity index (χ2n) is 5.00. The molecule has 6 nitrogen and oxygen atoms in total. The molecule has 0 N–H and O–H groups in total. The highest BCUT2D eigenvalue weighted by Crippen LogP contribution is 2.24. The topological polar surface area (TPSA) is 74.3 Å². The summed E-state index contributed by atoms with van der Waals surface area (Å²) in [5, 5.41) is 4.91. The van der Waals surface area contributed by atoms with E-state index in [0.717, 1.165) is 5.39 Å². The van der Waals surface area contributed by atoms with Crippen molar-refractivity contribution < 1.29 is 18.9 Å². The zero-order valence-electron chi connectivity index (χ0n) is 12.5. The van der Waals surface area contributed by atoms with Crippen LogP contribution in [-0.2, 0) is 4.79 Å². The first kappa shape index (κ1) is 15.3. The molecule has 0 aliphatic rings. The third kappa shape index (κ3) is 2.85. The van der Waals surface area contributed by atoms with E-state index < -0.39 is 11.8 Å². The minimum absolute atomic E-state index is 0.144. The zero-order valence-corrected chi connectivity index (χ0v) is 13.3. The minimum atomic E-state index is -0.465. The van der Waals surface area contributed by atoms with Crippen LogP contribution in [0.5, 0.6) is 0 Å². The van der Waals surface area contributed by atoms with Gasteiger partial charge in [-0.1, -0.05) is 29.7 Å². The van der Waals surface area contributed by atoms with E-state index in [4.69, 9.17) is 21.0 Å². The van der Waals surface area contributed by atoms with E-state index in [2.05, 4.69) is 5.16 Å². The number of aromatic nitrogens is 2. The van der Waals surface area contributed by atoms with E-state index in [0.29, 0.717) is 16.3 Å². The summed E-state index contributed by atoms with van der Waals surface area (Å²) in [6, 6.07) is 8.23. The van der Waals surface area contributed by atoms with Crippen LogP contribution >= 0.6 is 11.6 Å². The van der Waals surface area contributed by atoms with Crippen LogP contribution in [-0.4, -0.2) is 21.6 Å². The van der Waals surface area contributed by atoms with Crippen LogP contribution < -0.4 is 4.84 Å². The fraction of sp³-hybridized carbons (Fsp3) is 0.188. The van der Waals surface area contributed by atoms with Crippen LogP contribution in [0, 0.1) is 6.92 Å². The van der Waals surface area contributed by atoms with Gasteiger partial charge < -0.3 is 9.36 Å². The fourth-order valence-electron chi connectivity index (χ4n) is 2.18. The zero-order chi connectivity index (χ0) is 16.6. The van der Waals surface area contributed by atoms with Crippen molar-refractivity contribution in [1.29, 1.82) is 0 Å². The Hall–Kier alpha value is -2.60. The van der Waals surface area contributed by atoms with Crippen LogP contribution in [0.15, 0.2) is 34.9 Å². The molecule has 0 fully saturated rings. The van der Waals surface area contributed by atoms with Crippen molar-refractivity contribution in [2.45, 2.75) is 20.3 Å². The number of rotatable bonds is 4. The standard InChI is InChI=1S/C16H13ClN2O4/c1-3-15(20)23-19-13-8-11(17)5-4-10(13)7-14(19)16(21)12-6-9(2)22-18-12/h4-8H,3H2,1-2H3. The van der Waals surface area contributed by atoms with Gasteiger partial charge in [0.05, 0.1) is 5.52 Å². The molecule has 3 rings (SSSR count). The lowest BCUT2D eigenvalue weighted by atomic mass is 10.2. The first-order valence-electron chi connectivity index (χ1n) is 6.99. The van der Waals surface area contributed by atoms with Crippen molar-refractivity contribution in [3.63, 3.8) is 0 Å². The molecule has 2 aromatic heterocycles. The molecule has 23 heavy (non-hydrogen) atoms. The quantitative estimate of drug-likeness (QED) is 0.686. The minimum Gasteiger partial charge on any atom is -0.361 e. The smallest absolute Gasteiger partial charge is 0.332 e. The van der Waals surface area contributed by atoms with Gasteiger partial charge in [-0.15, -0.1) is 0 Å². The highest BCUT2D eigenvalue weighted by Gasteiger charge is 2.22. The Morgan fingerprint density at radius 2 is 2.09 bits per heavy atom. The van der Waals surface area contributed by atoms with Crippen molar-refractivity contribution in [1.82, 2.24) is 9.89 Å². The summed E-state index contributed by atoms with van der Waals surface area (Å²) in [6.45, 7) is 3.36. The number of carbonyl (C=O) groups excluding carboxylic acids is 2. The Kier molecular flexibility index (Phi) is 3.92. The monoisotopic (exact) mass is 332 g/mol. The van der Waals surface area contributed by atoms with Gasteiger partial charge in [-0.25, -0.2) is 4.79 Å². The van der Waals surface area contributed by atoms with Crippen LogP contribution in [0.4, 0.5) is 0 Å². The second-order valence-corrected chi connectivity index (χ2v) is 5.43. The normalized spacial score (nSPS) is 10.9. The van der Waals surface area contributed by atoms with E-state index in [9.17, 15) is 9.59 Å². The fourth-order valence-corrected chi connectivity index (χ4v) is 2.34. The summed E-state index contributed by atoms with van der Waals surface area (Å²) >= 11 is 6.00. The second kappa shape index (κ2) is 5.89. The van der Waals surface area contributed by atoms with Gasteiger partial charge in [-0.05, 0) is 25.1 Å². The number of aryl methyl sites for hydroxylation is 1. The largest absolute Gasteiger partial charge is 0.361 e. The highest BCUT2D eigenvalue weighted by molar-refractivity contribution is 6.31. The number of carbonyl (C=O) groups is 2. The molecule has 0 spiro atoms. The molecule has 0 unspecified atom stereocenters. The lowest BCUT2D eigenvalue weighted by molar-refractivity contribution is -0.143. The number of halogens is 1. The molecule has 7 heteroatoms. The first-order chi connectivity index (χ1) is 11.0. The number of nitrogens with zero attached hydrogens (tertiary/aromatic N) is 2. The molecular formula is C16H13ClN2O4. The molecule has 0 saturated carbocycles. The molecule has 0 atom stereocenters. The number of fused-ring (bicyclic) bond motifs is 1. The van der Waals surface area contributed by atoms with Crippen LogP contribution in [0.1, 0.15) is 35.3 Å². The van der Waals surface area contributed by atoms with E-state index in [1.807, 2.05) is 0 Å². The van der Waals surface area contributed by atoms with Crippen molar-refractivity contribution in [2.24, 2.45) is 0 Å². The summed E-state index contributed by atoms with van der Waals surface area (Å²) in [6.07, 6.45) is 0.178. The molecule has 0 radical (unpaired) electrons. The van der Waals surface area contributed by atoms with Gasteiger partial charge >= 0.3 is 5.97 Å². The Balaban J connectivity index is 2.16. The van der Waals surface area contributed by atoms with E-state index in [1.165, 1.54) is 10.8 Å². The molecule has 2 heterocycles. The molecule has 0 bridgehead atoms. The van der Waals surface area contributed by atoms with Gasteiger partial charge in [0.25, 0.3) is 0 Å². The third-order valence-corrected chi connectivity index (χ3v) is 3.53. The summed E-state index contributed by atoms with van der Waals surface area (Å²) < 4.78 is 6.13. The van der Waals surface area contributed by atoms with Gasteiger partial charge in [0.1, 0.15) is 11.5 Å². The van der Waals surface area contributed by atoms with Gasteiger partial charge in [-0.3, -0.25) is 4.79 Å². The number of benzene rings is 1. The number of hydrogen-bond donors (Lipinski definition) is 0. The molecule has 118 valence electrons. The van der Waals surface area contributed by atoms with Gasteiger partial charge in [0.15, 0.2) is 5.69 Å². The van der Waals surface area contributed by atoms with Gasteiger partial charge in [0.2, 0.25) is 5.78 Å². The van der Waals surface area contributed by atoms with Crippen LogP contribution in [0.25, 0.3) is 10.9 Å². The van der Waals surface area contributed by atoms with Crippen molar-refractivity contribution in [3.05, 3.63) is 52.5 Å². The number of ketones is 1. The van der Waals surface area contributed by atoms with Crippen LogP contribution in [0.3, 0.4) is 0 Å². The molecular weight excluding hydrogens is 320 g/mol. The lowest BCUT2D eigenvalue weighted by Gasteiger charge is -2.08. The predicted octanol–water partition coefficient (Wildman–Crippen LogP) is 3.19. The Labute approximate surface area is 136 Å². The SMILES string of the molecule is CCC(=O)On1c(C(=O)c2cc(C)on2)cc2ccc(Cl)cc21. The third-order valence-electron chi connectivity index (χ3n) is 3.30. The maximum absolute atomic E-state index is 12.6. The Bertz CT molecular complexity index is 910. The summed E-state index contributed by atoms with van der Waals surface area (Å²) in [7, 11) is 0. The molecule has 1 aromatic carbocycles. The molecule has 0 aliphatic carbocycles. The highest BCUT2D eigenvalue weighted by atomic mass is 35.5. The molecule has 0 aliphatic heterocycles. The van der Waals surface area contributed by atoms with Crippen molar-refractivity contribution in [3.8, 4) is 0 Å². The maximum atomic E-state index is 12.6. The van der Waals surface area contributed by atoms with Crippen LogP contribution in [0.2, 0.25) is 5.02 Å². The average Bonchev–Trinajstić information content (AvgIpc) is 3.11. The molecule has 3 aromatic rings. The average molecular weight is 333 g/mol. The summed E-state index contributed by atoms with van der Waals surface area (Å²) in [5.74, 6) is -0.351. The van der Waals surface area contributed by atoms with Crippen molar-refractivity contribution >= 4 is 34.3 Å². The van der Waals surface area contributed by atoms with E-state index in [1.54, 1.807) is 38.1 Å². The van der Waals surface area contributed by atoms with E-state index >= 15 is 0 Å². The predicted molar refractivity (Wildman–Crippen MR) is 83.5 cm³/mol. The first-order valence-corrected chi connectivity index (χ1v) is 7.37. The maximum Gasteiger partial charge on any atom is 0.332 e.